The van der Waals surface area contributed by atoms with Crippen LogP contribution in [0.5, 0.6) is 5.75 Å². The molecule has 0 bridgehead atoms. The van der Waals surface area contributed by atoms with E-state index in [0.717, 1.165) is 12.2 Å². The number of fused-ring (bicyclic) bond motifs is 1. The summed E-state index contributed by atoms with van der Waals surface area (Å²) in [6.45, 7) is 4.26. The third kappa shape index (κ3) is 2.19. The van der Waals surface area contributed by atoms with Gasteiger partial charge in [-0.3, -0.25) is 0 Å². The van der Waals surface area contributed by atoms with Gasteiger partial charge < -0.3 is 10.1 Å². The zero-order valence-corrected chi connectivity index (χ0v) is 11.7. The Kier molecular flexibility index (Phi) is 2.94. The van der Waals surface area contributed by atoms with Crippen LogP contribution < -0.4 is 10.1 Å². The first-order chi connectivity index (χ1) is 9.17. The van der Waals surface area contributed by atoms with Gasteiger partial charge in [-0.1, -0.05) is 35.4 Å². The summed E-state index contributed by atoms with van der Waals surface area (Å²) in [5.74, 6) is 0.965. The largest absolute Gasteiger partial charge is 0.496 e. The molecule has 1 aliphatic heterocycles. The Bertz CT molecular complexity index is 619. The second-order valence-electron chi connectivity index (χ2n) is 5.31. The summed E-state index contributed by atoms with van der Waals surface area (Å²) in [5.41, 5.74) is 6.48. The molecule has 2 aromatic carbocycles. The van der Waals surface area contributed by atoms with E-state index >= 15 is 0 Å². The smallest absolute Gasteiger partial charge is 0.124 e. The van der Waals surface area contributed by atoms with E-state index in [1.807, 2.05) is 0 Å². The number of anilines is 1. The van der Waals surface area contributed by atoms with E-state index in [-0.39, 0.29) is 0 Å². The van der Waals surface area contributed by atoms with Crippen LogP contribution in [0.1, 0.15) is 28.3 Å². The summed E-state index contributed by atoms with van der Waals surface area (Å²) < 4.78 is 5.50. The molecule has 2 heteroatoms. The molecule has 0 aromatic heterocycles. The number of ether oxygens (including phenoxy) is 1. The van der Waals surface area contributed by atoms with Gasteiger partial charge in [0.1, 0.15) is 5.75 Å². The minimum Gasteiger partial charge on any atom is -0.496 e. The van der Waals surface area contributed by atoms with Crippen molar-refractivity contribution in [3.05, 3.63) is 58.7 Å². The van der Waals surface area contributed by atoms with Crippen molar-refractivity contribution < 1.29 is 4.74 Å². The number of benzene rings is 2. The minimum atomic E-state index is 0.312. The standard InChI is InChI=1S/C17H19NO/c1-11-4-6-15-13(8-11)10-16(18-15)14-9-12(2)5-7-17(14)19-3/h4-9,16,18H,10H2,1-3H3. The molecule has 1 aliphatic rings. The van der Waals surface area contributed by atoms with Gasteiger partial charge in [-0.15, -0.1) is 0 Å². The number of aryl methyl sites for hydroxylation is 2. The van der Waals surface area contributed by atoms with Crippen LogP contribution in [0.25, 0.3) is 0 Å². The van der Waals surface area contributed by atoms with Crippen molar-refractivity contribution in [3.63, 3.8) is 0 Å². The van der Waals surface area contributed by atoms with Gasteiger partial charge in [0.15, 0.2) is 0 Å². The maximum absolute atomic E-state index is 5.50. The van der Waals surface area contributed by atoms with Gasteiger partial charge in [0.2, 0.25) is 0 Å². The highest BCUT2D eigenvalue weighted by atomic mass is 16.5. The van der Waals surface area contributed by atoms with Gasteiger partial charge in [-0.05, 0) is 38.0 Å². The molecule has 0 fully saturated rings. The molecule has 0 radical (unpaired) electrons. The average Bonchev–Trinajstić information content (AvgIpc) is 2.81. The van der Waals surface area contributed by atoms with E-state index in [9.17, 15) is 0 Å². The number of methoxy groups -OCH3 is 1. The van der Waals surface area contributed by atoms with E-state index in [2.05, 4.69) is 55.6 Å². The van der Waals surface area contributed by atoms with Gasteiger partial charge in [-0.2, -0.15) is 0 Å². The van der Waals surface area contributed by atoms with Crippen LogP contribution in [0.3, 0.4) is 0 Å². The molecule has 0 saturated carbocycles. The third-order valence-electron chi connectivity index (χ3n) is 3.78. The Balaban J connectivity index is 1.96. The van der Waals surface area contributed by atoms with Crippen molar-refractivity contribution in [1.82, 2.24) is 0 Å². The normalized spacial score (nSPS) is 16.9. The molecule has 3 rings (SSSR count). The Labute approximate surface area is 114 Å². The monoisotopic (exact) mass is 253 g/mol. The predicted octanol–water partition coefficient (Wildman–Crippen LogP) is 4.02. The maximum Gasteiger partial charge on any atom is 0.124 e. The van der Waals surface area contributed by atoms with E-state index in [1.165, 1.54) is 27.9 Å². The molecule has 0 amide bonds. The zero-order chi connectivity index (χ0) is 13.4. The van der Waals surface area contributed by atoms with Gasteiger partial charge >= 0.3 is 0 Å². The van der Waals surface area contributed by atoms with Gasteiger partial charge in [0.05, 0.1) is 13.2 Å². The number of hydrogen-bond donors (Lipinski definition) is 1. The van der Waals surface area contributed by atoms with Crippen LogP contribution >= 0.6 is 0 Å². The molecule has 0 spiro atoms. The minimum absolute atomic E-state index is 0.312. The summed E-state index contributed by atoms with van der Waals surface area (Å²) >= 11 is 0. The van der Waals surface area contributed by atoms with Crippen molar-refractivity contribution in [3.8, 4) is 5.75 Å². The second-order valence-corrected chi connectivity index (χ2v) is 5.31. The lowest BCUT2D eigenvalue weighted by Crippen LogP contribution is -2.07. The molecule has 19 heavy (non-hydrogen) atoms. The number of nitrogens with one attached hydrogen (secondary N) is 1. The molecular formula is C17H19NO. The Morgan fingerprint density at radius 3 is 2.58 bits per heavy atom. The first kappa shape index (κ1) is 12.1. The quantitative estimate of drug-likeness (QED) is 0.872. The topological polar surface area (TPSA) is 21.3 Å². The molecular weight excluding hydrogens is 234 g/mol. The fraction of sp³-hybridized carbons (Fsp3) is 0.294. The fourth-order valence-electron chi connectivity index (χ4n) is 2.80. The molecule has 0 aliphatic carbocycles. The molecule has 1 atom stereocenters. The third-order valence-corrected chi connectivity index (χ3v) is 3.78. The average molecular weight is 253 g/mol. The summed E-state index contributed by atoms with van der Waals surface area (Å²) in [7, 11) is 1.74. The van der Waals surface area contributed by atoms with Crippen LogP contribution in [-0.2, 0) is 6.42 Å². The molecule has 98 valence electrons. The van der Waals surface area contributed by atoms with Crippen molar-refractivity contribution in [1.29, 1.82) is 0 Å². The van der Waals surface area contributed by atoms with E-state index < -0.39 is 0 Å². The zero-order valence-electron chi connectivity index (χ0n) is 11.7. The van der Waals surface area contributed by atoms with E-state index in [1.54, 1.807) is 7.11 Å². The maximum atomic E-state index is 5.50. The highest BCUT2D eigenvalue weighted by Crippen LogP contribution is 2.38. The van der Waals surface area contributed by atoms with E-state index in [0.29, 0.717) is 6.04 Å². The van der Waals surface area contributed by atoms with Crippen LogP contribution in [0, 0.1) is 13.8 Å². The Hall–Kier alpha value is -1.96. The van der Waals surface area contributed by atoms with Gasteiger partial charge in [0, 0.05) is 11.3 Å². The van der Waals surface area contributed by atoms with Crippen LogP contribution in [0.2, 0.25) is 0 Å². The molecule has 1 unspecified atom stereocenters. The fourth-order valence-corrected chi connectivity index (χ4v) is 2.80. The Morgan fingerprint density at radius 2 is 1.79 bits per heavy atom. The first-order valence-electron chi connectivity index (χ1n) is 6.68. The lowest BCUT2D eigenvalue weighted by Gasteiger charge is -2.16. The van der Waals surface area contributed by atoms with Gasteiger partial charge in [-0.25, -0.2) is 0 Å². The molecule has 1 N–H and O–H groups in total. The summed E-state index contributed by atoms with van der Waals surface area (Å²) in [6, 6.07) is 13.3. The highest BCUT2D eigenvalue weighted by molar-refractivity contribution is 5.60. The van der Waals surface area contributed by atoms with E-state index in [4.69, 9.17) is 4.74 Å². The highest BCUT2D eigenvalue weighted by Gasteiger charge is 2.24. The molecule has 2 aromatic rings. The van der Waals surface area contributed by atoms with Crippen molar-refractivity contribution in [2.75, 3.05) is 12.4 Å². The van der Waals surface area contributed by atoms with Crippen molar-refractivity contribution >= 4 is 5.69 Å². The van der Waals surface area contributed by atoms with Crippen molar-refractivity contribution in [2.24, 2.45) is 0 Å². The summed E-state index contributed by atoms with van der Waals surface area (Å²) in [4.78, 5) is 0. The summed E-state index contributed by atoms with van der Waals surface area (Å²) in [6.07, 6.45) is 1.02. The molecule has 2 nitrogen and oxygen atoms in total. The van der Waals surface area contributed by atoms with Crippen LogP contribution in [-0.4, -0.2) is 7.11 Å². The van der Waals surface area contributed by atoms with Gasteiger partial charge in [0.25, 0.3) is 0 Å². The van der Waals surface area contributed by atoms with Crippen LogP contribution in [0.4, 0.5) is 5.69 Å². The lowest BCUT2D eigenvalue weighted by atomic mass is 9.99. The SMILES string of the molecule is COc1ccc(C)cc1C1Cc2cc(C)ccc2N1. The first-order valence-corrected chi connectivity index (χ1v) is 6.68. The van der Waals surface area contributed by atoms with Crippen LogP contribution in [0.15, 0.2) is 36.4 Å². The number of hydrogen-bond acceptors (Lipinski definition) is 2. The molecule has 1 heterocycles. The predicted molar refractivity (Wildman–Crippen MR) is 79.0 cm³/mol. The second kappa shape index (κ2) is 4.61. The lowest BCUT2D eigenvalue weighted by molar-refractivity contribution is 0.407. The Morgan fingerprint density at radius 1 is 1.05 bits per heavy atom. The van der Waals surface area contributed by atoms with Crippen molar-refractivity contribution in [2.45, 2.75) is 26.3 Å². The number of rotatable bonds is 2. The molecule has 0 saturated heterocycles. The summed E-state index contributed by atoms with van der Waals surface area (Å²) in [5, 5.41) is 3.60.